The van der Waals surface area contributed by atoms with E-state index >= 15 is 0 Å². The minimum absolute atomic E-state index is 0.265. The zero-order valence-corrected chi connectivity index (χ0v) is 10.2. The van der Waals surface area contributed by atoms with Crippen LogP contribution in [0.5, 0.6) is 11.5 Å². The number of hydrogen-bond acceptors (Lipinski definition) is 2. The van der Waals surface area contributed by atoms with Crippen molar-refractivity contribution in [2.75, 3.05) is 6.61 Å². The van der Waals surface area contributed by atoms with Crippen LogP contribution in [0.1, 0.15) is 6.92 Å². The Hall–Kier alpha value is -2.22. The SMILES string of the molecule is CCOc1cc2ccccc2c2cccc(O)c12. The molecule has 0 saturated heterocycles. The molecule has 0 aliphatic heterocycles. The van der Waals surface area contributed by atoms with E-state index < -0.39 is 0 Å². The van der Waals surface area contributed by atoms with Crippen molar-refractivity contribution in [3.8, 4) is 11.5 Å². The van der Waals surface area contributed by atoms with Gasteiger partial charge < -0.3 is 9.84 Å². The Morgan fingerprint density at radius 2 is 1.78 bits per heavy atom. The number of rotatable bonds is 2. The first-order valence-corrected chi connectivity index (χ1v) is 6.07. The van der Waals surface area contributed by atoms with Crippen molar-refractivity contribution in [1.82, 2.24) is 0 Å². The lowest BCUT2D eigenvalue weighted by Gasteiger charge is -2.11. The summed E-state index contributed by atoms with van der Waals surface area (Å²) in [4.78, 5) is 0. The molecule has 2 heteroatoms. The van der Waals surface area contributed by atoms with Crippen LogP contribution in [0.3, 0.4) is 0 Å². The lowest BCUT2D eigenvalue weighted by molar-refractivity contribution is 0.343. The molecule has 0 aliphatic carbocycles. The number of benzene rings is 3. The van der Waals surface area contributed by atoms with Gasteiger partial charge >= 0.3 is 0 Å². The Balaban J connectivity index is 2.50. The quantitative estimate of drug-likeness (QED) is 0.681. The van der Waals surface area contributed by atoms with E-state index in [4.69, 9.17) is 4.74 Å². The molecule has 0 spiro atoms. The summed E-state index contributed by atoms with van der Waals surface area (Å²) < 4.78 is 5.65. The molecule has 0 aromatic heterocycles. The average molecular weight is 238 g/mol. The highest BCUT2D eigenvalue weighted by atomic mass is 16.5. The van der Waals surface area contributed by atoms with Gasteiger partial charge in [-0.3, -0.25) is 0 Å². The summed E-state index contributed by atoms with van der Waals surface area (Å²) in [5.74, 6) is 1.01. The van der Waals surface area contributed by atoms with E-state index in [1.165, 1.54) is 0 Å². The standard InChI is InChI=1S/C16H14O2/c1-2-18-15-10-11-6-3-4-7-12(11)13-8-5-9-14(17)16(13)15/h3-10,17H,2H2,1H3. The second-order valence-electron chi connectivity index (χ2n) is 4.23. The van der Waals surface area contributed by atoms with Crippen molar-refractivity contribution in [2.45, 2.75) is 6.92 Å². The van der Waals surface area contributed by atoms with Crippen molar-refractivity contribution in [1.29, 1.82) is 0 Å². The molecule has 0 amide bonds. The molecule has 0 aliphatic rings. The van der Waals surface area contributed by atoms with Gasteiger partial charge in [0.15, 0.2) is 0 Å². The first-order chi connectivity index (χ1) is 8.81. The third kappa shape index (κ3) is 1.58. The number of phenols is 1. The van der Waals surface area contributed by atoms with Gasteiger partial charge in [0.1, 0.15) is 11.5 Å². The van der Waals surface area contributed by atoms with Gasteiger partial charge in [0.05, 0.1) is 12.0 Å². The van der Waals surface area contributed by atoms with Crippen molar-refractivity contribution in [3.05, 3.63) is 48.5 Å². The molecule has 0 atom stereocenters. The van der Waals surface area contributed by atoms with Crippen molar-refractivity contribution in [2.24, 2.45) is 0 Å². The van der Waals surface area contributed by atoms with E-state index in [0.717, 1.165) is 27.3 Å². The zero-order valence-electron chi connectivity index (χ0n) is 10.2. The smallest absolute Gasteiger partial charge is 0.131 e. The van der Waals surface area contributed by atoms with Gasteiger partial charge in [0, 0.05) is 0 Å². The normalized spacial score (nSPS) is 10.9. The molecule has 90 valence electrons. The molecule has 0 unspecified atom stereocenters. The molecule has 0 fully saturated rings. The zero-order chi connectivity index (χ0) is 12.5. The summed E-state index contributed by atoms with van der Waals surface area (Å²) in [6.45, 7) is 2.53. The summed E-state index contributed by atoms with van der Waals surface area (Å²) >= 11 is 0. The van der Waals surface area contributed by atoms with E-state index in [9.17, 15) is 5.11 Å². The van der Waals surface area contributed by atoms with Crippen LogP contribution in [0.2, 0.25) is 0 Å². The minimum atomic E-state index is 0.265. The molecular formula is C16H14O2. The number of fused-ring (bicyclic) bond motifs is 3. The Kier molecular flexibility index (Phi) is 2.56. The lowest BCUT2D eigenvalue weighted by atomic mass is 10.0. The van der Waals surface area contributed by atoms with Crippen molar-refractivity contribution >= 4 is 21.5 Å². The van der Waals surface area contributed by atoms with Gasteiger partial charge in [-0.15, -0.1) is 0 Å². The molecule has 2 nitrogen and oxygen atoms in total. The van der Waals surface area contributed by atoms with Crippen LogP contribution in [0.25, 0.3) is 21.5 Å². The van der Waals surface area contributed by atoms with E-state index in [2.05, 4.69) is 12.1 Å². The molecule has 3 aromatic carbocycles. The molecular weight excluding hydrogens is 224 g/mol. The molecule has 0 bridgehead atoms. The Bertz CT molecular complexity index is 717. The monoisotopic (exact) mass is 238 g/mol. The number of ether oxygens (including phenoxy) is 1. The van der Waals surface area contributed by atoms with Crippen LogP contribution in [0, 0.1) is 0 Å². The van der Waals surface area contributed by atoms with Crippen LogP contribution >= 0.6 is 0 Å². The van der Waals surface area contributed by atoms with Crippen LogP contribution in [0.4, 0.5) is 0 Å². The number of phenolic OH excluding ortho intramolecular Hbond substituents is 1. The maximum Gasteiger partial charge on any atom is 0.131 e. The lowest BCUT2D eigenvalue weighted by Crippen LogP contribution is -1.93. The van der Waals surface area contributed by atoms with Gasteiger partial charge in [0.2, 0.25) is 0 Å². The fraction of sp³-hybridized carbons (Fsp3) is 0.125. The van der Waals surface area contributed by atoms with Gasteiger partial charge in [-0.25, -0.2) is 0 Å². The van der Waals surface area contributed by atoms with Gasteiger partial charge in [-0.2, -0.15) is 0 Å². The van der Waals surface area contributed by atoms with Gasteiger partial charge in [-0.05, 0) is 35.2 Å². The van der Waals surface area contributed by atoms with Crippen LogP contribution in [-0.4, -0.2) is 11.7 Å². The summed E-state index contributed by atoms with van der Waals surface area (Å²) in [5.41, 5.74) is 0. The van der Waals surface area contributed by atoms with E-state index in [1.807, 2.05) is 37.3 Å². The highest BCUT2D eigenvalue weighted by molar-refractivity contribution is 6.12. The fourth-order valence-electron chi connectivity index (χ4n) is 2.37. The van der Waals surface area contributed by atoms with Crippen LogP contribution < -0.4 is 4.74 Å². The van der Waals surface area contributed by atoms with E-state index in [-0.39, 0.29) is 5.75 Å². The summed E-state index contributed by atoms with van der Waals surface area (Å²) in [5, 5.41) is 14.1. The van der Waals surface area contributed by atoms with Crippen molar-refractivity contribution < 1.29 is 9.84 Å². The topological polar surface area (TPSA) is 29.5 Å². The summed E-state index contributed by atoms with van der Waals surface area (Å²) in [6, 6.07) is 15.7. The summed E-state index contributed by atoms with van der Waals surface area (Å²) in [7, 11) is 0. The highest BCUT2D eigenvalue weighted by Gasteiger charge is 2.10. The predicted octanol–water partition coefficient (Wildman–Crippen LogP) is 4.10. The minimum Gasteiger partial charge on any atom is -0.507 e. The first-order valence-electron chi connectivity index (χ1n) is 6.07. The van der Waals surface area contributed by atoms with Crippen LogP contribution in [-0.2, 0) is 0 Å². The molecule has 1 N–H and O–H groups in total. The Morgan fingerprint density at radius 3 is 2.61 bits per heavy atom. The molecule has 3 aromatic rings. The second-order valence-corrected chi connectivity index (χ2v) is 4.23. The second kappa shape index (κ2) is 4.22. The third-order valence-corrected chi connectivity index (χ3v) is 3.13. The van der Waals surface area contributed by atoms with Gasteiger partial charge in [0.25, 0.3) is 0 Å². The predicted molar refractivity (Wildman–Crippen MR) is 74.3 cm³/mol. The number of aromatic hydroxyl groups is 1. The Morgan fingerprint density at radius 1 is 1.00 bits per heavy atom. The molecule has 0 saturated carbocycles. The largest absolute Gasteiger partial charge is 0.507 e. The Labute approximate surface area is 105 Å². The highest BCUT2D eigenvalue weighted by Crippen LogP contribution is 2.38. The van der Waals surface area contributed by atoms with Crippen LogP contribution in [0.15, 0.2) is 48.5 Å². The molecule has 18 heavy (non-hydrogen) atoms. The van der Waals surface area contributed by atoms with E-state index in [0.29, 0.717) is 6.61 Å². The first kappa shape index (κ1) is 10.9. The van der Waals surface area contributed by atoms with E-state index in [1.54, 1.807) is 6.07 Å². The maximum atomic E-state index is 10.1. The van der Waals surface area contributed by atoms with Crippen molar-refractivity contribution in [3.63, 3.8) is 0 Å². The molecule has 0 radical (unpaired) electrons. The fourth-order valence-corrected chi connectivity index (χ4v) is 2.37. The maximum absolute atomic E-state index is 10.1. The summed E-state index contributed by atoms with van der Waals surface area (Å²) in [6.07, 6.45) is 0. The molecule has 0 heterocycles. The van der Waals surface area contributed by atoms with Gasteiger partial charge in [-0.1, -0.05) is 36.4 Å². The molecule has 3 rings (SSSR count). The number of hydrogen-bond donors (Lipinski definition) is 1. The third-order valence-electron chi connectivity index (χ3n) is 3.13. The average Bonchev–Trinajstić information content (AvgIpc) is 2.39.